The lowest BCUT2D eigenvalue weighted by molar-refractivity contribution is -0.130. The summed E-state index contributed by atoms with van der Waals surface area (Å²) in [7, 11) is 3.82. The van der Waals surface area contributed by atoms with E-state index < -0.39 is 0 Å². The highest BCUT2D eigenvalue weighted by molar-refractivity contribution is 7.98. The number of fused-ring (bicyclic) bond motifs is 1. The van der Waals surface area contributed by atoms with E-state index in [0.29, 0.717) is 49.2 Å². The summed E-state index contributed by atoms with van der Waals surface area (Å²) < 4.78 is 6.42. The zero-order valence-electron chi connectivity index (χ0n) is 23.1. The molecular weight excluding hydrogens is 530 g/mol. The Kier molecular flexibility index (Phi) is 10.4. The van der Waals surface area contributed by atoms with Crippen molar-refractivity contribution in [3.63, 3.8) is 0 Å². The molecule has 1 aliphatic rings. The molecule has 0 fully saturated rings. The first kappa shape index (κ1) is 29.0. The van der Waals surface area contributed by atoms with Crippen LogP contribution in [0.1, 0.15) is 59.5 Å². The number of nitrogens with zero attached hydrogens (tertiary/aromatic N) is 5. The Morgan fingerprint density at radius 2 is 2.10 bits per heavy atom. The van der Waals surface area contributed by atoms with Crippen molar-refractivity contribution in [1.29, 1.82) is 0 Å². The lowest BCUT2D eigenvalue weighted by Crippen LogP contribution is -2.33. The molecule has 3 heterocycles. The summed E-state index contributed by atoms with van der Waals surface area (Å²) >= 11 is 3.13. The Morgan fingerprint density at radius 1 is 1.26 bits per heavy atom. The molecule has 0 saturated carbocycles. The van der Waals surface area contributed by atoms with Gasteiger partial charge in [-0.1, -0.05) is 43.3 Å². The number of rotatable bonds is 12. The second kappa shape index (κ2) is 13.9. The van der Waals surface area contributed by atoms with Gasteiger partial charge in [0.25, 0.3) is 5.91 Å². The summed E-state index contributed by atoms with van der Waals surface area (Å²) in [6.07, 6.45) is 6.68. The molecule has 0 spiro atoms. The molecule has 0 radical (unpaired) electrons. The van der Waals surface area contributed by atoms with Gasteiger partial charge in [-0.05, 0) is 48.2 Å². The van der Waals surface area contributed by atoms with Crippen molar-refractivity contribution in [1.82, 2.24) is 14.9 Å². The van der Waals surface area contributed by atoms with E-state index in [2.05, 4.69) is 23.0 Å². The van der Waals surface area contributed by atoms with E-state index in [-0.39, 0.29) is 17.9 Å². The third-order valence-electron chi connectivity index (χ3n) is 6.86. The second-order valence-electron chi connectivity index (χ2n) is 9.66. The maximum Gasteiger partial charge on any atom is 0.263 e. The molecule has 3 aromatic rings. The van der Waals surface area contributed by atoms with Crippen LogP contribution >= 0.6 is 23.1 Å². The predicted octanol–water partition coefficient (Wildman–Crippen LogP) is 5.65. The molecule has 8 nitrogen and oxygen atoms in total. The highest BCUT2D eigenvalue weighted by Gasteiger charge is 2.28. The molecule has 39 heavy (non-hydrogen) atoms. The van der Waals surface area contributed by atoms with Gasteiger partial charge in [0.2, 0.25) is 5.91 Å². The van der Waals surface area contributed by atoms with Crippen molar-refractivity contribution in [3.8, 4) is 0 Å². The minimum absolute atomic E-state index is 0.104. The van der Waals surface area contributed by atoms with Crippen LogP contribution in [0.5, 0.6) is 0 Å². The van der Waals surface area contributed by atoms with Crippen molar-refractivity contribution in [2.75, 3.05) is 49.8 Å². The van der Waals surface area contributed by atoms with Gasteiger partial charge in [-0.3, -0.25) is 9.59 Å². The number of ether oxygens (including phenoxy) is 1. The van der Waals surface area contributed by atoms with Crippen molar-refractivity contribution in [2.45, 2.75) is 50.5 Å². The molecular formula is C29H37N5O3S2. The van der Waals surface area contributed by atoms with E-state index in [1.165, 1.54) is 11.8 Å². The number of anilines is 2. The first-order valence-electron chi connectivity index (χ1n) is 13.3. The van der Waals surface area contributed by atoms with Gasteiger partial charge in [0.1, 0.15) is 11.4 Å². The highest BCUT2D eigenvalue weighted by Crippen LogP contribution is 2.30. The molecule has 1 aromatic carbocycles. The zero-order chi connectivity index (χ0) is 27.8. The van der Waals surface area contributed by atoms with E-state index in [1.54, 1.807) is 22.4 Å². The average molecular weight is 568 g/mol. The van der Waals surface area contributed by atoms with Crippen LogP contribution in [0.2, 0.25) is 0 Å². The molecule has 0 bridgehead atoms. The van der Waals surface area contributed by atoms with Crippen molar-refractivity contribution < 1.29 is 14.3 Å². The summed E-state index contributed by atoms with van der Waals surface area (Å²) in [6.45, 7) is 4.35. The van der Waals surface area contributed by atoms with Crippen LogP contribution in [-0.4, -0.2) is 66.7 Å². The summed E-state index contributed by atoms with van der Waals surface area (Å²) in [5, 5.41) is 2.70. The Labute approximate surface area is 239 Å². The van der Waals surface area contributed by atoms with E-state index in [0.717, 1.165) is 35.4 Å². The smallest absolute Gasteiger partial charge is 0.263 e. The van der Waals surface area contributed by atoms with Crippen LogP contribution < -0.4 is 9.80 Å². The van der Waals surface area contributed by atoms with E-state index in [9.17, 15) is 9.59 Å². The fourth-order valence-electron chi connectivity index (χ4n) is 4.49. The number of benzene rings is 1. The van der Waals surface area contributed by atoms with Crippen molar-refractivity contribution in [3.05, 3.63) is 64.0 Å². The number of likely N-dealkylation sites (N-methyl/N-ethyl adjacent to an activating group) is 1. The van der Waals surface area contributed by atoms with Gasteiger partial charge >= 0.3 is 0 Å². The molecule has 2 amide bonds. The molecule has 0 aliphatic carbocycles. The highest BCUT2D eigenvalue weighted by atomic mass is 32.2. The number of carbonyl (C=O) groups is 2. The minimum Gasteiger partial charge on any atom is -0.368 e. The molecule has 2 aromatic heterocycles. The van der Waals surface area contributed by atoms with Crippen LogP contribution in [0.15, 0.2) is 53.1 Å². The average Bonchev–Trinajstić information content (AvgIpc) is 3.46. The lowest BCUT2D eigenvalue weighted by Gasteiger charge is -2.23. The number of hydrogen-bond donors (Lipinski definition) is 0. The third-order valence-corrected chi connectivity index (χ3v) is 8.38. The normalized spacial score (nSPS) is 14.2. The largest absolute Gasteiger partial charge is 0.368 e. The lowest BCUT2D eigenvalue weighted by atomic mass is 10.1. The summed E-state index contributed by atoms with van der Waals surface area (Å²) in [5.74, 6) is 0.740. The maximum absolute atomic E-state index is 13.5. The van der Waals surface area contributed by atoms with Gasteiger partial charge < -0.3 is 19.4 Å². The van der Waals surface area contributed by atoms with Gasteiger partial charge in [0.05, 0.1) is 12.7 Å². The fraction of sp³-hybridized carbons (Fsp3) is 0.448. The molecule has 1 unspecified atom stereocenters. The first-order valence-corrected chi connectivity index (χ1v) is 15.4. The van der Waals surface area contributed by atoms with Gasteiger partial charge in [-0.15, -0.1) is 11.3 Å². The van der Waals surface area contributed by atoms with Crippen LogP contribution in [0.4, 0.5) is 11.5 Å². The summed E-state index contributed by atoms with van der Waals surface area (Å²) in [6, 6.07) is 12.1. The minimum atomic E-state index is -0.113. The monoisotopic (exact) mass is 567 g/mol. The van der Waals surface area contributed by atoms with Gasteiger partial charge in [-0.25, -0.2) is 9.97 Å². The van der Waals surface area contributed by atoms with Crippen LogP contribution in [0, 0.1) is 0 Å². The number of unbranched alkanes of at least 4 members (excludes halogenated alkanes) is 1. The molecule has 0 N–H and O–H groups in total. The van der Waals surface area contributed by atoms with E-state index in [1.807, 2.05) is 65.9 Å². The van der Waals surface area contributed by atoms with Crippen LogP contribution in [-0.2, 0) is 16.1 Å². The van der Waals surface area contributed by atoms with Gasteiger partial charge in [0.15, 0.2) is 5.16 Å². The quantitative estimate of drug-likeness (QED) is 0.207. The number of amides is 2. The molecule has 1 atom stereocenters. The Bertz CT molecular complexity index is 1250. The van der Waals surface area contributed by atoms with Crippen LogP contribution in [0.3, 0.4) is 0 Å². The second-order valence-corrected chi connectivity index (χ2v) is 11.4. The topological polar surface area (TPSA) is 78.9 Å². The Balaban J connectivity index is 1.45. The molecule has 1 aliphatic heterocycles. The third kappa shape index (κ3) is 7.38. The number of thiophene rings is 1. The van der Waals surface area contributed by atoms with E-state index >= 15 is 0 Å². The van der Waals surface area contributed by atoms with Crippen LogP contribution in [0.25, 0.3) is 0 Å². The fourth-order valence-corrected chi connectivity index (χ4v) is 5.64. The zero-order valence-corrected chi connectivity index (χ0v) is 24.8. The van der Waals surface area contributed by atoms with Gasteiger partial charge in [-0.2, -0.15) is 0 Å². The van der Waals surface area contributed by atoms with Gasteiger partial charge in [0, 0.05) is 56.9 Å². The number of hydrogen-bond acceptors (Lipinski definition) is 8. The number of thioether (sulfide) groups is 1. The maximum atomic E-state index is 13.5. The summed E-state index contributed by atoms with van der Waals surface area (Å²) in [4.78, 5) is 41.6. The van der Waals surface area contributed by atoms with Crippen molar-refractivity contribution >= 4 is 46.4 Å². The Morgan fingerprint density at radius 3 is 2.85 bits per heavy atom. The first-order chi connectivity index (χ1) is 18.9. The van der Waals surface area contributed by atoms with E-state index in [4.69, 9.17) is 4.74 Å². The standard InChI is InChI=1S/C29H37N5O3S2/c1-5-6-12-26(35)32(2)14-13-24(25-11-8-17-39-25)37-20-21-9-7-10-22(18-21)34-16-15-33(3)27-23(28(34)36)19-30-29(31-27)38-4/h7-11,17-19,24H,5-6,12-16,20H2,1-4H3. The SMILES string of the molecule is CCCCC(=O)N(C)CCC(OCc1cccc(N2CCN(C)c3nc(SC)ncc3C2=O)c1)c1cccs1. The number of aromatic nitrogens is 2. The molecule has 4 rings (SSSR count). The molecule has 0 saturated heterocycles. The summed E-state index contributed by atoms with van der Waals surface area (Å²) in [5.41, 5.74) is 2.32. The van der Waals surface area contributed by atoms with Crippen molar-refractivity contribution in [2.24, 2.45) is 0 Å². The number of carbonyl (C=O) groups excluding carboxylic acids is 2. The molecule has 10 heteroatoms. The molecule has 208 valence electrons. The predicted molar refractivity (Wildman–Crippen MR) is 159 cm³/mol. The Hall–Kier alpha value is -2.95.